The smallest absolute Gasteiger partial charge is 0.321 e. The van der Waals surface area contributed by atoms with Crippen LogP contribution >= 0.6 is 11.3 Å². The van der Waals surface area contributed by atoms with E-state index in [0.717, 1.165) is 36.3 Å². The van der Waals surface area contributed by atoms with Crippen LogP contribution in [0.5, 0.6) is 0 Å². The van der Waals surface area contributed by atoms with Crippen LogP contribution in [0, 0.1) is 12.8 Å². The van der Waals surface area contributed by atoms with Crippen molar-refractivity contribution in [2.45, 2.75) is 25.9 Å². The predicted molar refractivity (Wildman–Crippen MR) is 89.8 cm³/mol. The molecule has 2 N–H and O–H groups in total. The summed E-state index contributed by atoms with van der Waals surface area (Å²) in [5.74, 6) is -0.406. The van der Waals surface area contributed by atoms with Crippen LogP contribution in [0.25, 0.3) is 0 Å². The molecule has 3 rings (SSSR count). The molecular weight excluding hydrogens is 353 g/mol. The highest BCUT2D eigenvalue weighted by Gasteiger charge is 2.31. The Morgan fingerprint density at radius 1 is 1.12 bits per heavy atom. The highest BCUT2D eigenvalue weighted by molar-refractivity contribution is 7.18. The molecule has 0 radical (unpaired) electrons. The fourth-order valence-corrected chi connectivity index (χ4v) is 3.24. The minimum atomic E-state index is -4.42. The largest absolute Gasteiger partial charge is 0.416 e. The lowest BCUT2D eigenvalue weighted by molar-refractivity contribution is -0.137. The highest BCUT2D eigenvalue weighted by atomic mass is 32.1. The Balaban J connectivity index is 1.68. The van der Waals surface area contributed by atoms with E-state index < -0.39 is 17.6 Å². The number of thiophene rings is 1. The molecule has 132 valence electrons. The number of hydrogen-bond donors (Lipinski definition) is 2. The minimum Gasteiger partial charge on any atom is -0.321 e. The van der Waals surface area contributed by atoms with Crippen molar-refractivity contribution in [1.82, 2.24) is 0 Å². The third kappa shape index (κ3) is 4.19. The van der Waals surface area contributed by atoms with Crippen molar-refractivity contribution in [3.8, 4) is 0 Å². The third-order valence-corrected chi connectivity index (χ3v) is 4.94. The first-order chi connectivity index (χ1) is 11.7. The van der Waals surface area contributed by atoms with E-state index in [-0.39, 0.29) is 17.5 Å². The van der Waals surface area contributed by atoms with Crippen molar-refractivity contribution in [2.75, 3.05) is 10.6 Å². The highest BCUT2D eigenvalue weighted by Crippen LogP contribution is 2.33. The van der Waals surface area contributed by atoms with E-state index >= 15 is 0 Å². The Hall–Kier alpha value is -2.35. The predicted octanol–water partition coefficient (Wildman–Crippen LogP) is 4.68. The van der Waals surface area contributed by atoms with E-state index in [2.05, 4.69) is 10.6 Å². The molecule has 8 heteroatoms. The van der Waals surface area contributed by atoms with Gasteiger partial charge in [0.1, 0.15) is 0 Å². The maximum atomic E-state index is 12.5. The molecule has 4 nitrogen and oxygen atoms in total. The van der Waals surface area contributed by atoms with Crippen LogP contribution in [0.1, 0.15) is 33.6 Å². The molecule has 1 fully saturated rings. The molecule has 1 aliphatic carbocycles. The molecule has 0 bridgehead atoms. The van der Waals surface area contributed by atoms with Crippen LogP contribution in [0.2, 0.25) is 0 Å². The lowest BCUT2D eigenvalue weighted by Gasteiger charge is -2.08. The van der Waals surface area contributed by atoms with E-state index in [0.29, 0.717) is 15.4 Å². The summed E-state index contributed by atoms with van der Waals surface area (Å²) in [6, 6.07) is 5.96. The van der Waals surface area contributed by atoms with Crippen molar-refractivity contribution < 1.29 is 22.8 Å². The first-order valence-corrected chi connectivity index (χ1v) is 8.45. The molecule has 0 unspecified atom stereocenters. The normalized spacial score (nSPS) is 14.2. The first kappa shape index (κ1) is 17.5. The van der Waals surface area contributed by atoms with Gasteiger partial charge in [0.15, 0.2) is 0 Å². The van der Waals surface area contributed by atoms with Crippen LogP contribution in [-0.4, -0.2) is 11.8 Å². The fourth-order valence-electron chi connectivity index (χ4n) is 2.27. The summed E-state index contributed by atoms with van der Waals surface area (Å²) in [7, 11) is 0. The van der Waals surface area contributed by atoms with E-state index in [1.807, 2.05) is 0 Å². The van der Waals surface area contributed by atoms with Gasteiger partial charge in [0.25, 0.3) is 5.91 Å². The van der Waals surface area contributed by atoms with E-state index in [4.69, 9.17) is 0 Å². The maximum Gasteiger partial charge on any atom is 0.416 e. The summed E-state index contributed by atoms with van der Waals surface area (Å²) in [6.07, 6.45) is -2.64. The second-order valence-corrected chi connectivity index (χ2v) is 6.97. The second kappa shape index (κ2) is 6.51. The van der Waals surface area contributed by atoms with Gasteiger partial charge in [-0.1, -0.05) is 0 Å². The topological polar surface area (TPSA) is 58.2 Å². The Bertz CT molecular complexity index is 808. The van der Waals surface area contributed by atoms with Gasteiger partial charge < -0.3 is 10.6 Å². The summed E-state index contributed by atoms with van der Waals surface area (Å²) >= 11 is 1.14. The van der Waals surface area contributed by atoms with Crippen molar-refractivity contribution >= 4 is 33.8 Å². The maximum absolute atomic E-state index is 12.5. The monoisotopic (exact) mass is 368 g/mol. The summed E-state index contributed by atoms with van der Waals surface area (Å²) in [5.41, 5.74) is 0.192. The number of carbonyl (C=O) groups excluding carboxylic acids is 2. The summed E-state index contributed by atoms with van der Waals surface area (Å²) in [5, 5.41) is 5.94. The number of carbonyl (C=O) groups is 2. The van der Waals surface area contributed by atoms with E-state index in [9.17, 15) is 22.8 Å². The van der Waals surface area contributed by atoms with Gasteiger partial charge in [0, 0.05) is 11.6 Å². The van der Waals surface area contributed by atoms with Crippen molar-refractivity contribution in [3.05, 3.63) is 46.3 Å². The Kier molecular flexibility index (Phi) is 4.55. The van der Waals surface area contributed by atoms with Crippen molar-refractivity contribution in [3.63, 3.8) is 0 Å². The summed E-state index contributed by atoms with van der Waals surface area (Å²) < 4.78 is 37.6. The van der Waals surface area contributed by atoms with Crippen LogP contribution in [0.15, 0.2) is 30.3 Å². The zero-order valence-electron chi connectivity index (χ0n) is 13.2. The Morgan fingerprint density at radius 2 is 1.76 bits per heavy atom. The average Bonchev–Trinajstić information content (AvgIpc) is 3.31. The Morgan fingerprint density at radius 3 is 2.32 bits per heavy atom. The number of nitrogens with one attached hydrogen (secondary N) is 2. The standard InChI is InChI=1S/C17H15F3N2O2S/c1-9-8-13(22-15(23)10-2-3-10)25-14(9)16(24)21-12-6-4-11(5-7-12)17(18,19)20/h4-8,10H,2-3H2,1H3,(H,21,24)(H,22,23). The molecular formula is C17H15F3N2O2S. The number of benzene rings is 1. The summed E-state index contributed by atoms with van der Waals surface area (Å²) in [6.45, 7) is 1.74. The van der Waals surface area contributed by atoms with Gasteiger partial charge in [0.05, 0.1) is 15.4 Å². The van der Waals surface area contributed by atoms with Crippen molar-refractivity contribution in [1.29, 1.82) is 0 Å². The number of halogens is 3. The number of aryl methyl sites for hydroxylation is 1. The SMILES string of the molecule is Cc1cc(NC(=O)C2CC2)sc1C(=O)Nc1ccc(C(F)(F)F)cc1. The van der Waals surface area contributed by atoms with Crippen LogP contribution in [-0.2, 0) is 11.0 Å². The molecule has 1 aromatic carbocycles. The average molecular weight is 368 g/mol. The van der Waals surface area contributed by atoms with Crippen LogP contribution < -0.4 is 10.6 Å². The molecule has 2 amide bonds. The number of anilines is 2. The van der Waals surface area contributed by atoms with Crippen molar-refractivity contribution in [2.24, 2.45) is 5.92 Å². The number of amides is 2. The third-order valence-electron chi connectivity index (χ3n) is 3.79. The van der Waals surface area contributed by atoms with Gasteiger partial charge in [-0.2, -0.15) is 13.2 Å². The number of alkyl halides is 3. The van der Waals surface area contributed by atoms with Crippen LogP contribution in [0.3, 0.4) is 0 Å². The van der Waals surface area contributed by atoms with Gasteiger partial charge in [-0.15, -0.1) is 11.3 Å². The van der Waals surface area contributed by atoms with E-state index in [1.165, 1.54) is 12.1 Å². The fraction of sp³-hybridized carbons (Fsp3) is 0.294. The van der Waals surface area contributed by atoms with Gasteiger partial charge in [-0.3, -0.25) is 9.59 Å². The Labute approximate surface area is 146 Å². The van der Waals surface area contributed by atoms with E-state index in [1.54, 1.807) is 13.0 Å². The molecule has 1 heterocycles. The van der Waals surface area contributed by atoms with Crippen LogP contribution in [0.4, 0.5) is 23.9 Å². The zero-order valence-corrected chi connectivity index (χ0v) is 14.1. The molecule has 2 aromatic rings. The molecule has 25 heavy (non-hydrogen) atoms. The quantitative estimate of drug-likeness (QED) is 0.823. The lowest BCUT2D eigenvalue weighted by Crippen LogP contribution is -2.12. The molecule has 0 aliphatic heterocycles. The zero-order chi connectivity index (χ0) is 18.2. The molecule has 1 saturated carbocycles. The summed E-state index contributed by atoms with van der Waals surface area (Å²) in [4.78, 5) is 24.5. The second-order valence-electron chi connectivity index (χ2n) is 5.92. The number of rotatable bonds is 4. The minimum absolute atomic E-state index is 0.0454. The van der Waals surface area contributed by atoms with Gasteiger partial charge in [0.2, 0.25) is 5.91 Å². The molecule has 0 saturated heterocycles. The molecule has 0 spiro atoms. The lowest BCUT2D eigenvalue weighted by atomic mass is 10.2. The van der Waals surface area contributed by atoms with Gasteiger partial charge in [-0.25, -0.2) is 0 Å². The van der Waals surface area contributed by atoms with Gasteiger partial charge in [-0.05, 0) is 55.7 Å². The molecule has 1 aromatic heterocycles. The molecule has 0 atom stereocenters. The number of hydrogen-bond acceptors (Lipinski definition) is 3. The molecule has 1 aliphatic rings. The first-order valence-electron chi connectivity index (χ1n) is 7.64. The van der Waals surface area contributed by atoms with Gasteiger partial charge >= 0.3 is 6.18 Å².